The van der Waals surface area contributed by atoms with Crippen LogP contribution in [0.25, 0.3) is 0 Å². The molecule has 0 amide bonds. The van der Waals surface area contributed by atoms with Crippen LogP contribution in [0, 0.1) is 23.2 Å². The molecule has 0 unspecified atom stereocenters. The van der Waals surface area contributed by atoms with Crippen molar-refractivity contribution in [1.29, 1.82) is 5.26 Å². The van der Waals surface area contributed by atoms with Crippen LogP contribution in [0.15, 0.2) is 0 Å². The van der Waals surface area contributed by atoms with Crippen LogP contribution in [-0.2, 0) is 4.74 Å². The van der Waals surface area contributed by atoms with Crippen molar-refractivity contribution in [3.63, 3.8) is 0 Å². The predicted octanol–water partition coefficient (Wildman–Crippen LogP) is 5.62. The van der Waals surface area contributed by atoms with Gasteiger partial charge in [0, 0.05) is 6.61 Å². The zero-order valence-corrected chi connectivity index (χ0v) is 13.9. The summed E-state index contributed by atoms with van der Waals surface area (Å²) in [6, 6.07) is 2.51. The molecule has 2 nitrogen and oxygen atoms in total. The second kappa shape index (κ2) is 8.79. The second-order valence-electron chi connectivity index (χ2n) is 7.25. The van der Waals surface area contributed by atoms with Crippen molar-refractivity contribution in [3.8, 4) is 6.07 Å². The van der Waals surface area contributed by atoms with E-state index in [4.69, 9.17) is 4.74 Å². The van der Waals surface area contributed by atoms with Crippen LogP contribution in [0.2, 0.25) is 0 Å². The average Bonchev–Trinajstić information content (AvgIpc) is 2.56. The third-order valence-electron chi connectivity index (χ3n) is 5.73. The van der Waals surface area contributed by atoms with Crippen LogP contribution in [0.4, 0.5) is 0 Å². The molecule has 2 rings (SSSR count). The van der Waals surface area contributed by atoms with Gasteiger partial charge in [0.15, 0.2) is 5.60 Å². The first-order valence-corrected chi connectivity index (χ1v) is 9.35. The van der Waals surface area contributed by atoms with Gasteiger partial charge in [0.1, 0.15) is 0 Å². The molecule has 0 aliphatic heterocycles. The van der Waals surface area contributed by atoms with E-state index in [1.165, 1.54) is 64.2 Å². The third-order valence-corrected chi connectivity index (χ3v) is 5.73. The van der Waals surface area contributed by atoms with Gasteiger partial charge in [0.25, 0.3) is 0 Å². The maximum absolute atomic E-state index is 9.57. The zero-order chi connectivity index (χ0) is 15.0. The van der Waals surface area contributed by atoms with E-state index in [1.54, 1.807) is 0 Å². The highest BCUT2D eigenvalue weighted by Crippen LogP contribution is 2.42. The Kier molecular flexibility index (Phi) is 7.04. The van der Waals surface area contributed by atoms with Gasteiger partial charge in [-0.25, -0.2) is 0 Å². The summed E-state index contributed by atoms with van der Waals surface area (Å²) in [5.74, 6) is 1.82. The molecular formula is C19H33NO. The highest BCUT2D eigenvalue weighted by molar-refractivity contribution is 5.05. The van der Waals surface area contributed by atoms with Crippen LogP contribution in [0.5, 0.6) is 0 Å². The lowest BCUT2D eigenvalue weighted by Gasteiger charge is -2.39. The Labute approximate surface area is 131 Å². The Morgan fingerprint density at radius 1 is 0.952 bits per heavy atom. The molecule has 0 heterocycles. The summed E-state index contributed by atoms with van der Waals surface area (Å²) < 4.78 is 6.04. The molecule has 0 radical (unpaired) electrons. The smallest absolute Gasteiger partial charge is 0.154 e. The minimum atomic E-state index is -0.447. The lowest BCUT2D eigenvalue weighted by atomic mass is 9.70. The largest absolute Gasteiger partial charge is 0.360 e. The van der Waals surface area contributed by atoms with Gasteiger partial charge in [-0.05, 0) is 43.9 Å². The number of ether oxygens (including phenoxy) is 1. The molecule has 0 spiro atoms. The summed E-state index contributed by atoms with van der Waals surface area (Å²) in [6.07, 6.45) is 16.4. The Bertz CT molecular complexity index is 319. The highest BCUT2D eigenvalue weighted by atomic mass is 16.5. The van der Waals surface area contributed by atoms with E-state index in [1.807, 2.05) is 0 Å². The Morgan fingerprint density at radius 2 is 1.62 bits per heavy atom. The molecule has 21 heavy (non-hydrogen) atoms. The van der Waals surface area contributed by atoms with Crippen molar-refractivity contribution in [3.05, 3.63) is 0 Å². The molecule has 0 aromatic rings. The summed E-state index contributed by atoms with van der Waals surface area (Å²) in [4.78, 5) is 0. The quantitative estimate of drug-likeness (QED) is 0.571. The molecule has 0 aromatic heterocycles. The van der Waals surface area contributed by atoms with Crippen LogP contribution in [0.1, 0.15) is 90.4 Å². The molecule has 2 aliphatic carbocycles. The standard InChI is InChI=1S/C19H33NO/c1-2-3-4-8-15-21-19(16-20)13-11-18(12-14-19)17-9-6-5-7-10-17/h17-18H,2-15H2,1H3/t18-,19-. The summed E-state index contributed by atoms with van der Waals surface area (Å²) in [6.45, 7) is 3.01. The molecule has 120 valence electrons. The molecule has 0 N–H and O–H groups in total. The van der Waals surface area contributed by atoms with Crippen molar-refractivity contribution in [1.82, 2.24) is 0 Å². The van der Waals surface area contributed by atoms with Gasteiger partial charge in [-0.1, -0.05) is 58.3 Å². The summed E-state index contributed by atoms with van der Waals surface area (Å²) in [7, 11) is 0. The van der Waals surface area contributed by atoms with E-state index < -0.39 is 5.60 Å². The monoisotopic (exact) mass is 291 g/mol. The fourth-order valence-electron chi connectivity index (χ4n) is 4.27. The SMILES string of the molecule is CCCCCCO[C@]1(C#N)CC[C@@H](C2CCCCC2)CC1. The molecule has 0 aromatic carbocycles. The van der Waals surface area contributed by atoms with E-state index in [0.717, 1.165) is 37.7 Å². The van der Waals surface area contributed by atoms with Crippen LogP contribution in [-0.4, -0.2) is 12.2 Å². The molecule has 2 heteroatoms. The third kappa shape index (κ3) is 4.99. The molecule has 2 fully saturated rings. The number of nitriles is 1. The first-order chi connectivity index (χ1) is 10.3. The Morgan fingerprint density at radius 3 is 2.24 bits per heavy atom. The lowest BCUT2D eigenvalue weighted by molar-refractivity contribution is -0.0448. The Balaban J connectivity index is 1.72. The lowest BCUT2D eigenvalue weighted by Crippen LogP contribution is -2.38. The predicted molar refractivity (Wildman–Crippen MR) is 87.0 cm³/mol. The number of hydrogen-bond donors (Lipinski definition) is 0. The van der Waals surface area contributed by atoms with Crippen molar-refractivity contribution in [2.45, 2.75) is 96.0 Å². The summed E-state index contributed by atoms with van der Waals surface area (Å²) in [5.41, 5.74) is -0.447. The molecule has 2 aliphatic rings. The van der Waals surface area contributed by atoms with Crippen LogP contribution >= 0.6 is 0 Å². The van der Waals surface area contributed by atoms with Gasteiger partial charge in [-0.2, -0.15) is 5.26 Å². The van der Waals surface area contributed by atoms with E-state index in [9.17, 15) is 5.26 Å². The number of nitrogens with zero attached hydrogens (tertiary/aromatic N) is 1. The van der Waals surface area contributed by atoms with Gasteiger partial charge in [-0.15, -0.1) is 0 Å². The first kappa shape index (κ1) is 16.8. The summed E-state index contributed by atoms with van der Waals surface area (Å²) >= 11 is 0. The number of unbranched alkanes of at least 4 members (excludes halogenated alkanes) is 3. The molecule has 0 saturated heterocycles. The van der Waals surface area contributed by atoms with Gasteiger partial charge in [0.05, 0.1) is 6.07 Å². The topological polar surface area (TPSA) is 33.0 Å². The fraction of sp³-hybridized carbons (Fsp3) is 0.947. The van der Waals surface area contributed by atoms with Crippen molar-refractivity contribution >= 4 is 0 Å². The van der Waals surface area contributed by atoms with E-state index >= 15 is 0 Å². The van der Waals surface area contributed by atoms with Crippen LogP contribution in [0.3, 0.4) is 0 Å². The average molecular weight is 291 g/mol. The van der Waals surface area contributed by atoms with Gasteiger partial charge in [-0.3, -0.25) is 0 Å². The number of rotatable bonds is 7. The maximum Gasteiger partial charge on any atom is 0.154 e. The molecule has 0 bridgehead atoms. The fourth-order valence-corrected chi connectivity index (χ4v) is 4.27. The van der Waals surface area contributed by atoms with Crippen molar-refractivity contribution in [2.24, 2.45) is 11.8 Å². The summed E-state index contributed by atoms with van der Waals surface area (Å²) in [5, 5.41) is 9.57. The maximum atomic E-state index is 9.57. The van der Waals surface area contributed by atoms with Crippen molar-refractivity contribution < 1.29 is 4.74 Å². The van der Waals surface area contributed by atoms with E-state index in [0.29, 0.717) is 0 Å². The Hall–Kier alpha value is -0.550. The minimum Gasteiger partial charge on any atom is -0.360 e. The minimum absolute atomic E-state index is 0.447. The van der Waals surface area contributed by atoms with Crippen molar-refractivity contribution in [2.75, 3.05) is 6.61 Å². The molecule has 2 saturated carbocycles. The van der Waals surface area contributed by atoms with Gasteiger partial charge in [0.2, 0.25) is 0 Å². The normalized spacial score (nSPS) is 31.0. The van der Waals surface area contributed by atoms with Gasteiger partial charge < -0.3 is 4.74 Å². The molecular weight excluding hydrogens is 258 g/mol. The number of hydrogen-bond acceptors (Lipinski definition) is 2. The molecule has 0 atom stereocenters. The zero-order valence-electron chi connectivity index (χ0n) is 13.9. The van der Waals surface area contributed by atoms with Crippen LogP contribution < -0.4 is 0 Å². The van der Waals surface area contributed by atoms with E-state index in [2.05, 4.69) is 13.0 Å². The first-order valence-electron chi connectivity index (χ1n) is 9.35. The highest BCUT2D eigenvalue weighted by Gasteiger charge is 2.38. The van der Waals surface area contributed by atoms with Gasteiger partial charge >= 0.3 is 0 Å². The van der Waals surface area contributed by atoms with E-state index in [-0.39, 0.29) is 0 Å². The second-order valence-corrected chi connectivity index (χ2v) is 7.25.